The Morgan fingerprint density at radius 2 is 1.52 bits per heavy atom. The van der Waals surface area contributed by atoms with E-state index in [2.05, 4.69) is 10.0 Å². The molecule has 0 fully saturated rings. The van der Waals surface area contributed by atoms with Gasteiger partial charge in [0.2, 0.25) is 21.8 Å². The number of anilines is 2. The summed E-state index contributed by atoms with van der Waals surface area (Å²) in [6, 6.07) is 12.8. The highest BCUT2D eigenvalue weighted by atomic mass is 32.2. The first kappa shape index (κ1) is 18.2. The summed E-state index contributed by atoms with van der Waals surface area (Å²) in [6.07, 6.45) is 4.01. The molecular formula is C17H17N3O4S. The molecule has 0 aliphatic carbocycles. The summed E-state index contributed by atoms with van der Waals surface area (Å²) < 4.78 is 24.6. The van der Waals surface area contributed by atoms with Crippen LogP contribution in [0.3, 0.4) is 0 Å². The largest absolute Gasteiger partial charge is 0.366 e. The van der Waals surface area contributed by atoms with E-state index in [0.29, 0.717) is 16.9 Å². The van der Waals surface area contributed by atoms with Crippen molar-refractivity contribution >= 4 is 39.3 Å². The second-order valence-corrected chi connectivity index (χ2v) is 7.01. The van der Waals surface area contributed by atoms with Crippen LogP contribution in [0.1, 0.15) is 15.9 Å². The zero-order valence-corrected chi connectivity index (χ0v) is 14.2. The summed E-state index contributed by atoms with van der Waals surface area (Å²) in [5.41, 5.74) is 7.22. The summed E-state index contributed by atoms with van der Waals surface area (Å²) >= 11 is 0. The van der Waals surface area contributed by atoms with E-state index in [1.165, 1.54) is 18.2 Å². The van der Waals surface area contributed by atoms with Crippen LogP contribution in [0.15, 0.2) is 54.6 Å². The molecule has 0 aromatic heterocycles. The van der Waals surface area contributed by atoms with E-state index in [1.54, 1.807) is 42.5 Å². The quantitative estimate of drug-likeness (QED) is 0.682. The van der Waals surface area contributed by atoms with Crippen LogP contribution >= 0.6 is 0 Å². The summed E-state index contributed by atoms with van der Waals surface area (Å²) in [5, 5.41) is 2.65. The molecule has 25 heavy (non-hydrogen) atoms. The van der Waals surface area contributed by atoms with E-state index in [9.17, 15) is 18.0 Å². The van der Waals surface area contributed by atoms with Crippen molar-refractivity contribution in [2.75, 3.05) is 16.3 Å². The Morgan fingerprint density at radius 1 is 0.960 bits per heavy atom. The molecule has 130 valence electrons. The highest BCUT2D eigenvalue weighted by molar-refractivity contribution is 7.92. The SMILES string of the molecule is CS(=O)(=O)Nc1ccc(/C=C/C(=O)Nc2ccc(C(N)=O)cc2)cc1. The number of nitrogens with one attached hydrogen (secondary N) is 2. The van der Waals surface area contributed by atoms with Crippen LogP contribution < -0.4 is 15.8 Å². The lowest BCUT2D eigenvalue weighted by molar-refractivity contribution is -0.111. The van der Waals surface area contributed by atoms with E-state index in [0.717, 1.165) is 11.8 Å². The summed E-state index contributed by atoms with van der Waals surface area (Å²) in [5.74, 6) is -0.878. The lowest BCUT2D eigenvalue weighted by Gasteiger charge is -2.04. The van der Waals surface area contributed by atoms with E-state index in [4.69, 9.17) is 5.73 Å². The highest BCUT2D eigenvalue weighted by Crippen LogP contribution is 2.13. The Hall–Kier alpha value is -3.13. The maximum absolute atomic E-state index is 11.9. The third kappa shape index (κ3) is 6.11. The van der Waals surface area contributed by atoms with Gasteiger partial charge in [-0.2, -0.15) is 0 Å². The Labute approximate surface area is 145 Å². The lowest BCUT2D eigenvalue weighted by Crippen LogP contribution is -2.11. The van der Waals surface area contributed by atoms with Gasteiger partial charge in [-0.1, -0.05) is 12.1 Å². The van der Waals surface area contributed by atoms with Gasteiger partial charge in [0.15, 0.2) is 0 Å². The molecule has 0 heterocycles. The first-order valence-electron chi connectivity index (χ1n) is 7.20. The standard InChI is InChI=1S/C17H17N3O4S/c1-25(23,24)20-15-7-2-12(3-8-15)4-11-16(21)19-14-9-5-13(6-10-14)17(18)22/h2-11,20H,1H3,(H2,18,22)(H,19,21)/b11-4+. The maximum atomic E-state index is 11.9. The number of primary amides is 1. The smallest absolute Gasteiger partial charge is 0.248 e. The van der Waals surface area contributed by atoms with Crippen molar-refractivity contribution in [3.63, 3.8) is 0 Å². The molecule has 8 heteroatoms. The summed E-state index contributed by atoms with van der Waals surface area (Å²) in [7, 11) is -3.32. The number of sulfonamides is 1. The van der Waals surface area contributed by atoms with Crippen molar-refractivity contribution in [2.24, 2.45) is 5.73 Å². The Kier molecular flexibility index (Phi) is 5.56. The van der Waals surface area contributed by atoms with Gasteiger partial charge in [-0.05, 0) is 48.0 Å². The predicted octanol–water partition coefficient (Wildman–Crippen LogP) is 1.81. The number of hydrogen-bond acceptors (Lipinski definition) is 4. The monoisotopic (exact) mass is 359 g/mol. The molecule has 2 aromatic rings. The summed E-state index contributed by atoms with van der Waals surface area (Å²) in [4.78, 5) is 22.9. The first-order chi connectivity index (χ1) is 11.7. The normalized spacial score (nSPS) is 11.2. The van der Waals surface area contributed by atoms with Crippen molar-refractivity contribution in [2.45, 2.75) is 0 Å². The van der Waals surface area contributed by atoms with E-state index in [-0.39, 0.29) is 5.91 Å². The van der Waals surface area contributed by atoms with Gasteiger partial charge in [0.1, 0.15) is 0 Å². The van der Waals surface area contributed by atoms with Gasteiger partial charge in [-0.15, -0.1) is 0 Å². The number of benzene rings is 2. The molecule has 0 unspecified atom stereocenters. The van der Waals surface area contributed by atoms with Gasteiger partial charge < -0.3 is 11.1 Å². The first-order valence-corrected chi connectivity index (χ1v) is 9.09. The number of carbonyl (C=O) groups excluding carboxylic acids is 2. The fourth-order valence-corrected chi connectivity index (χ4v) is 2.51. The molecular weight excluding hydrogens is 342 g/mol. The van der Waals surface area contributed by atoms with Gasteiger partial charge in [-0.25, -0.2) is 8.42 Å². The van der Waals surface area contributed by atoms with Crippen LogP contribution in [0.2, 0.25) is 0 Å². The van der Waals surface area contributed by atoms with Gasteiger partial charge in [0.25, 0.3) is 0 Å². The molecule has 7 nitrogen and oxygen atoms in total. The Bertz CT molecular complexity index is 902. The van der Waals surface area contributed by atoms with E-state index >= 15 is 0 Å². The van der Waals surface area contributed by atoms with Crippen LogP contribution in [0.4, 0.5) is 11.4 Å². The number of hydrogen-bond donors (Lipinski definition) is 3. The van der Waals surface area contributed by atoms with Gasteiger partial charge in [-0.3, -0.25) is 14.3 Å². The fraction of sp³-hybridized carbons (Fsp3) is 0.0588. The third-order valence-corrected chi connectivity index (χ3v) is 3.68. The Morgan fingerprint density at radius 3 is 2.04 bits per heavy atom. The number of amides is 2. The molecule has 0 saturated heterocycles. The fourth-order valence-electron chi connectivity index (χ4n) is 1.95. The van der Waals surface area contributed by atoms with Crippen LogP contribution in [0.5, 0.6) is 0 Å². The minimum absolute atomic E-state index is 0.342. The topological polar surface area (TPSA) is 118 Å². The zero-order valence-electron chi connectivity index (χ0n) is 13.4. The van der Waals surface area contributed by atoms with Crippen molar-refractivity contribution in [3.8, 4) is 0 Å². The van der Waals surface area contributed by atoms with Crippen molar-refractivity contribution in [3.05, 3.63) is 65.7 Å². The van der Waals surface area contributed by atoms with Crippen LogP contribution in [-0.4, -0.2) is 26.5 Å². The maximum Gasteiger partial charge on any atom is 0.248 e. The predicted molar refractivity (Wildman–Crippen MR) is 97.5 cm³/mol. The van der Waals surface area contributed by atoms with E-state index < -0.39 is 15.9 Å². The lowest BCUT2D eigenvalue weighted by atomic mass is 10.2. The van der Waals surface area contributed by atoms with Crippen molar-refractivity contribution < 1.29 is 18.0 Å². The van der Waals surface area contributed by atoms with Crippen LogP contribution in [0.25, 0.3) is 6.08 Å². The molecule has 0 aliphatic heterocycles. The van der Waals surface area contributed by atoms with Gasteiger partial charge >= 0.3 is 0 Å². The van der Waals surface area contributed by atoms with Crippen molar-refractivity contribution in [1.29, 1.82) is 0 Å². The van der Waals surface area contributed by atoms with Gasteiger partial charge in [0, 0.05) is 23.0 Å². The molecule has 0 bridgehead atoms. The summed E-state index contributed by atoms with van der Waals surface area (Å²) in [6.45, 7) is 0. The molecule has 2 amide bonds. The molecule has 4 N–H and O–H groups in total. The minimum Gasteiger partial charge on any atom is -0.366 e. The molecule has 0 spiro atoms. The minimum atomic E-state index is -3.32. The number of nitrogens with two attached hydrogens (primary N) is 1. The number of rotatable bonds is 6. The molecule has 2 aromatic carbocycles. The average molecular weight is 359 g/mol. The Balaban J connectivity index is 1.96. The third-order valence-electron chi connectivity index (χ3n) is 3.08. The average Bonchev–Trinajstić information content (AvgIpc) is 2.53. The second-order valence-electron chi connectivity index (χ2n) is 5.26. The van der Waals surface area contributed by atoms with Crippen LogP contribution in [0, 0.1) is 0 Å². The molecule has 0 aliphatic rings. The molecule has 0 atom stereocenters. The van der Waals surface area contributed by atoms with Gasteiger partial charge in [0.05, 0.1) is 6.26 Å². The molecule has 0 radical (unpaired) electrons. The highest BCUT2D eigenvalue weighted by Gasteiger charge is 2.03. The molecule has 0 saturated carbocycles. The van der Waals surface area contributed by atoms with Crippen LogP contribution in [-0.2, 0) is 14.8 Å². The molecule has 2 rings (SSSR count). The number of carbonyl (C=O) groups is 2. The van der Waals surface area contributed by atoms with Crippen molar-refractivity contribution in [1.82, 2.24) is 0 Å². The zero-order chi connectivity index (χ0) is 18.4. The van der Waals surface area contributed by atoms with E-state index in [1.807, 2.05) is 0 Å². The second kappa shape index (κ2) is 7.63.